The number of halogens is 1. The molecule has 41 heavy (non-hydrogen) atoms. The van der Waals surface area contributed by atoms with Crippen molar-refractivity contribution in [2.45, 2.75) is 46.1 Å². The first-order chi connectivity index (χ1) is 19.7. The number of esters is 1. The first-order valence-corrected chi connectivity index (χ1v) is 14.1. The second kappa shape index (κ2) is 10.3. The largest absolute Gasteiger partial charge is 0.469 e. The highest BCUT2D eigenvalue weighted by Gasteiger charge is 2.41. The quantitative estimate of drug-likeness (QED) is 0.313. The average Bonchev–Trinajstić information content (AvgIpc) is 3.60. The van der Waals surface area contributed by atoms with Gasteiger partial charge in [-0.3, -0.25) is 9.59 Å². The SMILES string of the molecule is CCc1cc(C(=O)N2CCc3ccccc3C2C)nc2cc(-c3ccc(N4CCC(C)(C(=O)OC)C4)cc3F)nn12. The van der Waals surface area contributed by atoms with Crippen molar-refractivity contribution in [1.82, 2.24) is 19.5 Å². The Bertz CT molecular complexity index is 1670. The van der Waals surface area contributed by atoms with Crippen LogP contribution in [0.3, 0.4) is 0 Å². The smallest absolute Gasteiger partial charge is 0.313 e. The number of benzene rings is 2. The molecule has 2 aliphatic rings. The fourth-order valence-corrected chi connectivity index (χ4v) is 6.23. The molecule has 0 N–H and O–H groups in total. The zero-order valence-corrected chi connectivity index (χ0v) is 23.9. The molecule has 2 aromatic heterocycles. The van der Waals surface area contributed by atoms with Gasteiger partial charge in [-0.05, 0) is 68.5 Å². The number of amides is 1. The van der Waals surface area contributed by atoms with Crippen LogP contribution in [0.25, 0.3) is 16.9 Å². The first kappa shape index (κ1) is 26.9. The summed E-state index contributed by atoms with van der Waals surface area (Å²) >= 11 is 0. The predicted octanol–water partition coefficient (Wildman–Crippen LogP) is 5.25. The molecule has 6 rings (SSSR count). The van der Waals surface area contributed by atoms with E-state index in [4.69, 9.17) is 4.74 Å². The van der Waals surface area contributed by atoms with Gasteiger partial charge in [0, 0.05) is 42.6 Å². The number of carbonyl (C=O) groups excluding carboxylic acids is 2. The summed E-state index contributed by atoms with van der Waals surface area (Å²) in [5.41, 5.74) is 5.03. The summed E-state index contributed by atoms with van der Waals surface area (Å²) in [4.78, 5) is 34.4. The minimum absolute atomic E-state index is 0.0512. The molecule has 212 valence electrons. The Balaban J connectivity index is 1.29. The number of fused-ring (bicyclic) bond motifs is 2. The molecule has 4 heterocycles. The van der Waals surface area contributed by atoms with Crippen LogP contribution in [0, 0.1) is 11.2 Å². The van der Waals surface area contributed by atoms with Crippen molar-refractivity contribution in [2.75, 3.05) is 31.6 Å². The molecule has 1 amide bonds. The van der Waals surface area contributed by atoms with Gasteiger partial charge in [0.15, 0.2) is 5.65 Å². The molecule has 2 aromatic carbocycles. The number of hydrogen-bond donors (Lipinski definition) is 0. The monoisotopic (exact) mass is 555 g/mol. The minimum Gasteiger partial charge on any atom is -0.469 e. The van der Waals surface area contributed by atoms with Crippen LogP contribution in [-0.2, 0) is 22.4 Å². The third kappa shape index (κ3) is 4.63. The summed E-state index contributed by atoms with van der Waals surface area (Å²) in [5.74, 6) is -0.779. The molecular weight excluding hydrogens is 521 g/mol. The first-order valence-electron chi connectivity index (χ1n) is 14.1. The molecule has 8 nitrogen and oxygen atoms in total. The van der Waals surface area contributed by atoms with Crippen LogP contribution >= 0.6 is 0 Å². The molecule has 0 radical (unpaired) electrons. The van der Waals surface area contributed by atoms with Crippen molar-refractivity contribution in [1.29, 1.82) is 0 Å². The Morgan fingerprint density at radius 1 is 1.12 bits per heavy atom. The fraction of sp³-hybridized carbons (Fsp3) is 0.375. The van der Waals surface area contributed by atoms with Gasteiger partial charge in [0.1, 0.15) is 11.5 Å². The topological polar surface area (TPSA) is 80.0 Å². The number of hydrogen-bond acceptors (Lipinski definition) is 6. The highest BCUT2D eigenvalue weighted by atomic mass is 19.1. The number of aromatic nitrogens is 3. The van der Waals surface area contributed by atoms with Crippen LogP contribution in [-0.4, -0.2) is 58.1 Å². The zero-order valence-electron chi connectivity index (χ0n) is 23.9. The Morgan fingerprint density at radius 2 is 1.93 bits per heavy atom. The molecule has 4 aromatic rings. The fourth-order valence-electron chi connectivity index (χ4n) is 6.23. The summed E-state index contributed by atoms with van der Waals surface area (Å²) in [6.45, 7) is 7.66. The van der Waals surface area contributed by atoms with Gasteiger partial charge < -0.3 is 14.5 Å². The van der Waals surface area contributed by atoms with Crippen LogP contribution in [0.1, 0.15) is 60.5 Å². The van der Waals surface area contributed by atoms with Gasteiger partial charge in [0.05, 0.1) is 24.3 Å². The number of ether oxygens (including phenoxy) is 1. The van der Waals surface area contributed by atoms with E-state index >= 15 is 4.39 Å². The highest BCUT2D eigenvalue weighted by molar-refractivity contribution is 5.93. The summed E-state index contributed by atoms with van der Waals surface area (Å²) in [6, 6.07) is 16.8. The van der Waals surface area contributed by atoms with E-state index in [1.165, 1.54) is 24.3 Å². The van der Waals surface area contributed by atoms with E-state index in [0.717, 1.165) is 12.1 Å². The predicted molar refractivity (Wildman–Crippen MR) is 154 cm³/mol. The van der Waals surface area contributed by atoms with Crippen LogP contribution in [0.15, 0.2) is 54.6 Å². The second-order valence-electron chi connectivity index (χ2n) is 11.3. The lowest BCUT2D eigenvalue weighted by molar-refractivity contribution is -0.150. The average molecular weight is 556 g/mol. The molecule has 0 spiro atoms. The summed E-state index contributed by atoms with van der Waals surface area (Å²) in [6.07, 6.45) is 2.08. The molecule has 2 atom stereocenters. The number of aryl methyl sites for hydroxylation is 1. The van der Waals surface area contributed by atoms with Gasteiger partial charge in [-0.1, -0.05) is 31.2 Å². The van der Waals surface area contributed by atoms with E-state index in [1.807, 2.05) is 41.8 Å². The van der Waals surface area contributed by atoms with E-state index in [1.54, 1.807) is 22.7 Å². The van der Waals surface area contributed by atoms with Crippen molar-refractivity contribution in [3.63, 3.8) is 0 Å². The van der Waals surface area contributed by atoms with E-state index < -0.39 is 11.2 Å². The maximum absolute atomic E-state index is 15.5. The number of rotatable bonds is 5. The van der Waals surface area contributed by atoms with Crippen molar-refractivity contribution < 1.29 is 18.7 Å². The van der Waals surface area contributed by atoms with Gasteiger partial charge in [0.25, 0.3) is 5.91 Å². The van der Waals surface area contributed by atoms with E-state index in [2.05, 4.69) is 29.1 Å². The lowest BCUT2D eigenvalue weighted by atomic mass is 9.90. The molecule has 0 aliphatic carbocycles. The molecule has 2 aliphatic heterocycles. The lowest BCUT2D eigenvalue weighted by Gasteiger charge is -2.35. The van der Waals surface area contributed by atoms with Crippen LogP contribution in [0.5, 0.6) is 0 Å². The number of nitrogens with zero attached hydrogens (tertiary/aromatic N) is 5. The number of carbonyl (C=O) groups is 2. The van der Waals surface area contributed by atoms with Gasteiger partial charge >= 0.3 is 5.97 Å². The number of anilines is 1. The van der Waals surface area contributed by atoms with E-state index in [0.29, 0.717) is 60.8 Å². The Labute approximate surface area is 238 Å². The maximum atomic E-state index is 15.5. The Hall–Kier alpha value is -4.27. The van der Waals surface area contributed by atoms with Crippen LogP contribution < -0.4 is 4.90 Å². The van der Waals surface area contributed by atoms with Crippen molar-refractivity contribution >= 4 is 23.2 Å². The molecule has 0 saturated carbocycles. The summed E-state index contributed by atoms with van der Waals surface area (Å²) in [5, 5.41) is 4.67. The normalized spacial score (nSPS) is 20.4. The van der Waals surface area contributed by atoms with Gasteiger partial charge in [0.2, 0.25) is 0 Å². The molecule has 2 unspecified atom stereocenters. The van der Waals surface area contributed by atoms with Gasteiger partial charge in [-0.15, -0.1) is 0 Å². The van der Waals surface area contributed by atoms with E-state index in [9.17, 15) is 9.59 Å². The molecule has 1 fully saturated rings. The minimum atomic E-state index is -0.613. The van der Waals surface area contributed by atoms with Crippen molar-refractivity contribution in [3.8, 4) is 11.3 Å². The third-order valence-electron chi connectivity index (χ3n) is 8.68. The third-order valence-corrected chi connectivity index (χ3v) is 8.68. The summed E-state index contributed by atoms with van der Waals surface area (Å²) in [7, 11) is 1.39. The standard InChI is InChI=1S/C32H34FN5O3/c1-5-22-17-28(30(39)37-14-12-21-8-6-7-9-24(21)20(37)2)34-29-18-27(35-38(22)29)25-11-10-23(16-26(25)33)36-15-13-32(3,19-36)31(40)41-4/h6-11,16-18,20H,5,12-15,19H2,1-4H3. The lowest BCUT2D eigenvalue weighted by Crippen LogP contribution is -2.39. The Kier molecular flexibility index (Phi) is 6.76. The van der Waals surface area contributed by atoms with Crippen LogP contribution in [0.4, 0.5) is 10.1 Å². The van der Waals surface area contributed by atoms with Crippen molar-refractivity contribution in [3.05, 3.63) is 82.9 Å². The zero-order chi connectivity index (χ0) is 28.9. The van der Waals surface area contributed by atoms with Crippen molar-refractivity contribution in [2.24, 2.45) is 5.41 Å². The van der Waals surface area contributed by atoms with Gasteiger partial charge in [-0.2, -0.15) is 5.10 Å². The molecular formula is C32H34FN5O3. The second-order valence-corrected chi connectivity index (χ2v) is 11.3. The molecule has 1 saturated heterocycles. The van der Waals surface area contributed by atoms with Gasteiger partial charge in [-0.25, -0.2) is 13.9 Å². The number of methoxy groups -OCH3 is 1. The molecule has 9 heteroatoms. The summed E-state index contributed by atoms with van der Waals surface area (Å²) < 4.78 is 22.1. The maximum Gasteiger partial charge on any atom is 0.313 e. The molecule has 0 bridgehead atoms. The van der Waals surface area contributed by atoms with Crippen LogP contribution in [0.2, 0.25) is 0 Å². The Morgan fingerprint density at radius 3 is 2.68 bits per heavy atom. The highest BCUT2D eigenvalue weighted by Crippen LogP contribution is 2.36. The van der Waals surface area contributed by atoms with E-state index in [-0.39, 0.29) is 17.9 Å².